The standard InChI is InChI=1S/C12H33FOSi4/c1-14-18(11,13)12(15(2,3)4,16(5,6)7)17(8,9)10/h1-11H3. The molecule has 0 rings (SSSR count). The summed E-state index contributed by atoms with van der Waals surface area (Å²) >= 11 is 0. The van der Waals surface area contributed by atoms with Gasteiger partial charge in [-0.1, -0.05) is 58.9 Å². The molecule has 0 amide bonds. The molecule has 6 heteroatoms. The average molecular weight is 325 g/mol. The zero-order valence-electron chi connectivity index (χ0n) is 14.3. The Morgan fingerprint density at radius 3 is 0.944 bits per heavy atom. The lowest BCUT2D eigenvalue weighted by Crippen LogP contribution is -2.75. The van der Waals surface area contributed by atoms with Crippen molar-refractivity contribution in [1.82, 2.24) is 0 Å². The fourth-order valence-corrected chi connectivity index (χ4v) is 49.8. The van der Waals surface area contributed by atoms with Crippen LogP contribution in [-0.4, -0.2) is 40.0 Å². The molecule has 0 aliphatic heterocycles. The summed E-state index contributed by atoms with van der Waals surface area (Å²) in [6.45, 7) is 23.0. The van der Waals surface area contributed by atoms with Gasteiger partial charge in [0, 0.05) is 35.2 Å². The van der Waals surface area contributed by atoms with Crippen molar-refractivity contribution in [2.75, 3.05) is 7.11 Å². The van der Waals surface area contributed by atoms with Crippen LogP contribution in [0.2, 0.25) is 69.4 Å². The molecule has 0 aliphatic rings. The second kappa shape index (κ2) is 4.94. The minimum Gasteiger partial charge on any atom is -0.395 e. The van der Waals surface area contributed by atoms with Crippen LogP contribution in [0.4, 0.5) is 4.11 Å². The Bertz CT molecular complexity index is 261. The van der Waals surface area contributed by atoms with E-state index in [9.17, 15) is 0 Å². The molecule has 0 saturated heterocycles. The number of hydrogen-bond donors (Lipinski definition) is 0. The van der Waals surface area contributed by atoms with E-state index < -0.39 is 32.9 Å². The van der Waals surface area contributed by atoms with Crippen LogP contribution in [-0.2, 0) is 4.43 Å². The Morgan fingerprint density at radius 2 is 0.889 bits per heavy atom. The molecule has 0 saturated carbocycles. The van der Waals surface area contributed by atoms with E-state index in [1.165, 1.54) is 0 Å². The monoisotopic (exact) mass is 324 g/mol. The highest BCUT2D eigenvalue weighted by molar-refractivity contribution is 7.27. The first-order chi connectivity index (χ1) is 7.56. The third-order valence-corrected chi connectivity index (χ3v) is 37.6. The molecule has 110 valence electrons. The molecule has 1 unspecified atom stereocenters. The maximum absolute atomic E-state index is 15.6. The lowest BCUT2D eigenvalue weighted by molar-refractivity contribution is 0.344. The fraction of sp³-hybridized carbons (Fsp3) is 1.00. The second-order valence-corrected chi connectivity index (χ2v) is 30.4. The molecule has 0 aliphatic carbocycles. The molecule has 18 heavy (non-hydrogen) atoms. The van der Waals surface area contributed by atoms with Gasteiger partial charge in [-0.3, -0.25) is 4.11 Å². The maximum Gasteiger partial charge on any atom is 0.378 e. The third kappa shape index (κ3) is 2.63. The molecule has 0 aromatic heterocycles. The smallest absolute Gasteiger partial charge is 0.378 e. The van der Waals surface area contributed by atoms with E-state index in [-0.39, 0.29) is 3.91 Å². The highest BCUT2D eigenvalue weighted by Gasteiger charge is 2.71. The van der Waals surface area contributed by atoms with E-state index in [1.807, 2.05) is 6.55 Å². The summed E-state index contributed by atoms with van der Waals surface area (Å²) in [4.78, 5) is 0. The van der Waals surface area contributed by atoms with Crippen LogP contribution in [0, 0.1) is 0 Å². The van der Waals surface area contributed by atoms with Gasteiger partial charge in [0.25, 0.3) is 0 Å². The molecule has 0 fully saturated rings. The first kappa shape index (κ1) is 18.8. The van der Waals surface area contributed by atoms with Crippen LogP contribution >= 0.6 is 0 Å². The van der Waals surface area contributed by atoms with Gasteiger partial charge in [-0.05, 0) is 6.55 Å². The lowest BCUT2D eigenvalue weighted by atomic mass is 11.6. The molecule has 1 atom stereocenters. The van der Waals surface area contributed by atoms with Crippen LogP contribution in [0.25, 0.3) is 0 Å². The molecule has 1 nitrogen and oxygen atoms in total. The number of hydrogen-bond acceptors (Lipinski definition) is 1. The van der Waals surface area contributed by atoms with Gasteiger partial charge in [-0.15, -0.1) is 0 Å². The highest BCUT2D eigenvalue weighted by atomic mass is 28.5. The van der Waals surface area contributed by atoms with Gasteiger partial charge in [-0.2, -0.15) is 0 Å². The Kier molecular flexibility index (Phi) is 5.15. The van der Waals surface area contributed by atoms with E-state index in [0.29, 0.717) is 0 Å². The van der Waals surface area contributed by atoms with Gasteiger partial charge in [0.05, 0.1) is 0 Å². The van der Waals surface area contributed by atoms with Crippen molar-refractivity contribution in [3.05, 3.63) is 0 Å². The van der Waals surface area contributed by atoms with Gasteiger partial charge in [0.15, 0.2) is 0 Å². The fourth-order valence-electron chi connectivity index (χ4n) is 5.54. The van der Waals surface area contributed by atoms with Crippen LogP contribution in [0.3, 0.4) is 0 Å². The predicted octanol–water partition coefficient (Wildman–Crippen LogP) is 5.05. The van der Waals surface area contributed by atoms with Crippen molar-refractivity contribution >= 4 is 32.9 Å². The van der Waals surface area contributed by atoms with Crippen molar-refractivity contribution in [3.63, 3.8) is 0 Å². The average Bonchev–Trinajstić information content (AvgIpc) is 1.94. The summed E-state index contributed by atoms with van der Waals surface area (Å²) in [5.74, 6) is 0. The zero-order valence-corrected chi connectivity index (χ0v) is 18.3. The Hall–Kier alpha value is 0.758. The normalized spacial score (nSPS) is 18.7. The third-order valence-electron chi connectivity index (χ3n) is 4.43. The molecule has 0 aromatic rings. The molecular formula is C12H33FOSi4. The summed E-state index contributed by atoms with van der Waals surface area (Å²) in [7, 11) is -6.62. The quantitative estimate of drug-likeness (QED) is 0.508. The van der Waals surface area contributed by atoms with Crippen LogP contribution in [0.5, 0.6) is 0 Å². The van der Waals surface area contributed by atoms with Crippen LogP contribution in [0.1, 0.15) is 0 Å². The van der Waals surface area contributed by atoms with E-state index in [2.05, 4.69) is 58.9 Å². The largest absolute Gasteiger partial charge is 0.395 e. The lowest BCUT2D eigenvalue weighted by Gasteiger charge is -2.62. The maximum atomic E-state index is 15.6. The first-order valence-electron chi connectivity index (χ1n) is 6.80. The topological polar surface area (TPSA) is 9.23 Å². The van der Waals surface area contributed by atoms with Gasteiger partial charge < -0.3 is 4.43 Å². The summed E-state index contributed by atoms with van der Waals surface area (Å²) < 4.78 is 21.1. The Labute approximate surface area is 118 Å². The minimum absolute atomic E-state index is 0.0747. The van der Waals surface area contributed by atoms with E-state index >= 15 is 4.11 Å². The van der Waals surface area contributed by atoms with Crippen molar-refractivity contribution in [1.29, 1.82) is 0 Å². The van der Waals surface area contributed by atoms with E-state index in [1.54, 1.807) is 7.11 Å². The SMILES string of the molecule is CO[Si](C)(F)C([Si](C)(C)C)([Si](C)(C)C)[Si](C)(C)C. The molecular weight excluding hydrogens is 291 g/mol. The summed E-state index contributed by atoms with van der Waals surface area (Å²) in [5.41, 5.74) is 0. The molecule has 0 aromatic carbocycles. The van der Waals surface area contributed by atoms with Gasteiger partial charge >= 0.3 is 8.65 Å². The van der Waals surface area contributed by atoms with Crippen molar-refractivity contribution in [3.8, 4) is 0 Å². The first-order valence-corrected chi connectivity index (χ1v) is 19.6. The Balaban J connectivity index is 6.47. The minimum atomic E-state index is -3.18. The van der Waals surface area contributed by atoms with Gasteiger partial charge in [0.1, 0.15) is 0 Å². The second-order valence-electron chi connectivity index (χ2n) is 8.62. The molecule has 0 bridgehead atoms. The van der Waals surface area contributed by atoms with Gasteiger partial charge in [0.2, 0.25) is 0 Å². The molecule has 0 radical (unpaired) electrons. The number of halogens is 1. The predicted molar refractivity (Wildman–Crippen MR) is 92.5 cm³/mol. The van der Waals surface area contributed by atoms with Crippen LogP contribution in [0.15, 0.2) is 0 Å². The van der Waals surface area contributed by atoms with Crippen molar-refractivity contribution < 1.29 is 8.53 Å². The Morgan fingerprint density at radius 1 is 0.667 bits per heavy atom. The molecule has 0 N–H and O–H groups in total. The summed E-state index contributed by atoms with van der Waals surface area (Å²) in [6, 6.07) is 0. The zero-order chi connectivity index (χ0) is 15.2. The molecule has 0 spiro atoms. The highest BCUT2D eigenvalue weighted by Crippen LogP contribution is 2.60. The number of rotatable bonds is 5. The van der Waals surface area contributed by atoms with Crippen molar-refractivity contribution in [2.24, 2.45) is 0 Å². The summed E-state index contributed by atoms with van der Waals surface area (Å²) in [6.07, 6.45) is 0. The van der Waals surface area contributed by atoms with Crippen LogP contribution < -0.4 is 0 Å². The van der Waals surface area contributed by atoms with E-state index in [4.69, 9.17) is 4.43 Å². The van der Waals surface area contributed by atoms with Crippen molar-refractivity contribution in [2.45, 2.75) is 69.4 Å². The summed E-state index contributed by atoms with van der Waals surface area (Å²) in [5, 5.41) is 0. The molecule has 0 heterocycles. The van der Waals surface area contributed by atoms with E-state index in [0.717, 1.165) is 0 Å². The van der Waals surface area contributed by atoms with Gasteiger partial charge in [-0.25, -0.2) is 0 Å².